The molecule has 176 valence electrons. The zero-order valence-electron chi connectivity index (χ0n) is 20.1. The molecule has 0 N–H and O–H groups in total. The molecule has 8 heteroatoms. The van der Waals surface area contributed by atoms with Gasteiger partial charge in [-0.3, -0.25) is 0 Å². The van der Waals surface area contributed by atoms with Crippen molar-refractivity contribution < 1.29 is 22.3 Å². The summed E-state index contributed by atoms with van der Waals surface area (Å²) in [5.41, 5.74) is 0.167. The molecule has 2 aromatic carbocycles. The molecule has 0 fully saturated rings. The van der Waals surface area contributed by atoms with E-state index >= 15 is 0 Å². The number of halogens is 3. The number of aliphatic imine (C=N–C) groups is 1. The molecule has 0 aliphatic rings. The molecule has 32 heavy (non-hydrogen) atoms. The van der Waals surface area contributed by atoms with Gasteiger partial charge in [0.15, 0.2) is 13.9 Å². The van der Waals surface area contributed by atoms with Gasteiger partial charge in [0.1, 0.15) is 11.5 Å². The van der Waals surface area contributed by atoms with E-state index in [2.05, 4.69) is 4.99 Å². The van der Waals surface area contributed by atoms with Crippen LogP contribution in [0.4, 0.5) is 18.9 Å². The summed E-state index contributed by atoms with van der Waals surface area (Å²) in [6.07, 6.45) is -2.80. The second kappa shape index (κ2) is 9.66. The first-order valence-electron chi connectivity index (χ1n) is 10.6. The molecule has 0 aliphatic heterocycles. The van der Waals surface area contributed by atoms with Crippen molar-refractivity contribution in [3.63, 3.8) is 0 Å². The molecular weight excluding hydrogens is 433 g/mol. The lowest BCUT2D eigenvalue weighted by molar-refractivity contribution is -0.250. The van der Waals surface area contributed by atoms with Crippen LogP contribution in [-0.4, -0.2) is 39.3 Å². The summed E-state index contributed by atoms with van der Waals surface area (Å²) in [6.45, 7) is 13.0. The Bertz CT molecular complexity index is 971. The molecule has 0 saturated heterocycles. The molecule has 0 heterocycles. The monoisotopic (exact) mass is 466 g/mol. The molecule has 0 aromatic heterocycles. The van der Waals surface area contributed by atoms with Crippen molar-refractivity contribution in [1.29, 1.82) is 0 Å². The SMILES string of the molecule is CCN(C)/C=N\c1cc(C)c(Oc2cccc(C(C)(O[Si](C)(C)C)C(F)(F)F)c2)cc1C. The van der Waals surface area contributed by atoms with Gasteiger partial charge in [-0.2, -0.15) is 13.2 Å². The number of alkyl halides is 3. The van der Waals surface area contributed by atoms with E-state index in [4.69, 9.17) is 9.16 Å². The highest BCUT2D eigenvalue weighted by atomic mass is 28.4. The first kappa shape index (κ1) is 25.9. The lowest BCUT2D eigenvalue weighted by Crippen LogP contribution is -2.48. The Morgan fingerprint density at radius 3 is 2.28 bits per heavy atom. The van der Waals surface area contributed by atoms with Crippen LogP contribution in [0, 0.1) is 13.8 Å². The highest BCUT2D eigenvalue weighted by molar-refractivity contribution is 6.69. The van der Waals surface area contributed by atoms with Crippen LogP contribution in [0.3, 0.4) is 0 Å². The summed E-state index contributed by atoms with van der Waals surface area (Å²) in [7, 11) is -0.555. The minimum Gasteiger partial charge on any atom is -0.457 e. The largest absolute Gasteiger partial charge is 0.457 e. The van der Waals surface area contributed by atoms with Crippen LogP contribution < -0.4 is 4.74 Å². The molecule has 1 atom stereocenters. The van der Waals surface area contributed by atoms with Gasteiger partial charge in [0.2, 0.25) is 0 Å². The average molecular weight is 467 g/mol. The van der Waals surface area contributed by atoms with E-state index in [-0.39, 0.29) is 5.56 Å². The standard InChI is InChI=1S/C24H33F3N2O2Si/c1-9-29(5)16-28-21-13-18(3)22(14-17(21)2)30-20-12-10-11-19(15-20)23(4,24(25,26)27)31-32(6,7)8/h10-16H,9H2,1-8H3/b28-16-. The highest BCUT2D eigenvalue weighted by Crippen LogP contribution is 2.45. The van der Waals surface area contributed by atoms with Gasteiger partial charge in [0.05, 0.1) is 12.0 Å². The van der Waals surface area contributed by atoms with Crippen molar-refractivity contribution in [3.8, 4) is 11.5 Å². The van der Waals surface area contributed by atoms with E-state index in [1.807, 2.05) is 44.9 Å². The Morgan fingerprint density at radius 1 is 1.06 bits per heavy atom. The summed E-state index contributed by atoms with van der Waals surface area (Å²) in [5.74, 6) is 0.892. The number of ether oxygens (including phenoxy) is 1. The maximum atomic E-state index is 14.0. The molecule has 1 unspecified atom stereocenters. The van der Waals surface area contributed by atoms with Crippen LogP contribution in [0.2, 0.25) is 19.6 Å². The first-order valence-corrected chi connectivity index (χ1v) is 14.0. The van der Waals surface area contributed by atoms with E-state index < -0.39 is 20.1 Å². The van der Waals surface area contributed by atoms with E-state index in [9.17, 15) is 13.2 Å². The normalized spacial score (nSPS) is 14.5. The average Bonchev–Trinajstić information content (AvgIpc) is 2.67. The highest BCUT2D eigenvalue weighted by Gasteiger charge is 2.55. The number of hydrogen-bond donors (Lipinski definition) is 0. The zero-order chi connectivity index (χ0) is 24.3. The van der Waals surface area contributed by atoms with Crippen LogP contribution in [0.15, 0.2) is 41.4 Å². The third-order valence-electron chi connectivity index (χ3n) is 5.05. The molecule has 2 rings (SSSR count). The quantitative estimate of drug-likeness (QED) is 0.232. The van der Waals surface area contributed by atoms with E-state index in [0.717, 1.165) is 30.3 Å². The molecule has 4 nitrogen and oxygen atoms in total. The van der Waals surface area contributed by atoms with Gasteiger partial charge in [0, 0.05) is 13.6 Å². The van der Waals surface area contributed by atoms with E-state index in [1.165, 1.54) is 12.1 Å². The minimum atomic E-state index is -4.57. The lowest BCUT2D eigenvalue weighted by atomic mass is 9.95. The van der Waals surface area contributed by atoms with Gasteiger partial charge < -0.3 is 14.1 Å². The smallest absolute Gasteiger partial charge is 0.420 e. The number of benzene rings is 2. The van der Waals surface area contributed by atoms with Crippen molar-refractivity contribution in [1.82, 2.24) is 4.90 Å². The Balaban J connectivity index is 2.39. The van der Waals surface area contributed by atoms with Crippen LogP contribution in [0.25, 0.3) is 0 Å². The van der Waals surface area contributed by atoms with Gasteiger partial charge in [-0.05, 0) is 88.3 Å². The molecule has 0 radical (unpaired) electrons. The lowest BCUT2D eigenvalue weighted by Gasteiger charge is -2.38. The number of rotatable bonds is 8. The Labute approximate surface area is 190 Å². The van der Waals surface area contributed by atoms with Gasteiger partial charge in [-0.15, -0.1) is 0 Å². The first-order chi connectivity index (χ1) is 14.7. The van der Waals surface area contributed by atoms with E-state index in [0.29, 0.717) is 11.5 Å². The molecule has 0 saturated carbocycles. The second-order valence-electron chi connectivity index (χ2n) is 9.10. The molecule has 0 bridgehead atoms. The van der Waals surface area contributed by atoms with Crippen molar-refractivity contribution in [3.05, 3.63) is 53.1 Å². The molecule has 2 aromatic rings. The van der Waals surface area contributed by atoms with Crippen molar-refractivity contribution in [2.45, 2.75) is 59.1 Å². The summed E-state index contributed by atoms with van der Waals surface area (Å²) < 4.78 is 53.7. The summed E-state index contributed by atoms with van der Waals surface area (Å²) in [6, 6.07) is 9.80. The van der Waals surface area contributed by atoms with Crippen LogP contribution in [0.5, 0.6) is 11.5 Å². The van der Waals surface area contributed by atoms with Crippen molar-refractivity contribution in [2.75, 3.05) is 13.6 Å². The van der Waals surface area contributed by atoms with Crippen LogP contribution in [0.1, 0.15) is 30.5 Å². The topological polar surface area (TPSA) is 34.1 Å². The Hall–Kier alpha value is -2.32. The van der Waals surface area contributed by atoms with Gasteiger partial charge in [-0.25, -0.2) is 4.99 Å². The maximum absolute atomic E-state index is 14.0. The fraction of sp³-hybridized carbons (Fsp3) is 0.458. The summed E-state index contributed by atoms with van der Waals surface area (Å²) >= 11 is 0. The number of nitrogens with zero attached hydrogens (tertiary/aromatic N) is 2. The van der Waals surface area contributed by atoms with Gasteiger partial charge in [0.25, 0.3) is 0 Å². The molecular formula is C24H33F3N2O2Si. The predicted octanol–water partition coefficient (Wildman–Crippen LogP) is 7.34. The fourth-order valence-corrected chi connectivity index (χ4v) is 4.60. The Morgan fingerprint density at radius 2 is 1.72 bits per heavy atom. The van der Waals surface area contributed by atoms with Crippen LogP contribution in [-0.2, 0) is 10.0 Å². The number of hydrogen-bond acceptors (Lipinski definition) is 3. The maximum Gasteiger partial charge on any atom is 0.420 e. The minimum absolute atomic E-state index is 0.0168. The zero-order valence-corrected chi connectivity index (χ0v) is 21.1. The molecule has 0 amide bonds. The third kappa shape index (κ3) is 6.35. The summed E-state index contributed by atoms with van der Waals surface area (Å²) in [4.78, 5) is 6.46. The van der Waals surface area contributed by atoms with Crippen molar-refractivity contribution >= 4 is 20.3 Å². The Kier molecular flexibility index (Phi) is 7.83. The molecule has 0 aliphatic carbocycles. The number of aryl methyl sites for hydroxylation is 2. The summed E-state index contributed by atoms with van der Waals surface area (Å²) in [5, 5.41) is 0. The van der Waals surface area contributed by atoms with E-state index in [1.54, 1.807) is 38.1 Å². The molecule has 0 spiro atoms. The third-order valence-corrected chi connectivity index (χ3v) is 6.07. The second-order valence-corrected chi connectivity index (χ2v) is 13.5. The van der Waals surface area contributed by atoms with Gasteiger partial charge >= 0.3 is 6.18 Å². The van der Waals surface area contributed by atoms with Crippen molar-refractivity contribution in [2.24, 2.45) is 4.99 Å². The van der Waals surface area contributed by atoms with Crippen LogP contribution >= 0.6 is 0 Å². The predicted molar refractivity (Wildman–Crippen MR) is 127 cm³/mol. The van der Waals surface area contributed by atoms with Gasteiger partial charge in [-0.1, -0.05) is 12.1 Å². The fourth-order valence-electron chi connectivity index (χ4n) is 3.14.